The summed E-state index contributed by atoms with van der Waals surface area (Å²) in [5.41, 5.74) is -0.0840. The number of amides is 4. The van der Waals surface area contributed by atoms with E-state index in [9.17, 15) is 14.4 Å². The van der Waals surface area contributed by atoms with E-state index in [-0.39, 0.29) is 6.54 Å². The zero-order valence-electron chi connectivity index (χ0n) is 16.6. The summed E-state index contributed by atoms with van der Waals surface area (Å²) in [4.78, 5) is 41.2. The highest BCUT2D eigenvalue weighted by Crippen LogP contribution is 2.28. The summed E-state index contributed by atoms with van der Waals surface area (Å²) < 4.78 is 6.93. The Kier molecular flexibility index (Phi) is 4.86. The number of aryl methyl sites for hydroxylation is 1. The highest BCUT2D eigenvalue weighted by molar-refractivity contribution is 6.10. The topological polar surface area (TPSA) is 101 Å². The standard InChI is InChI=1S/C21H21N5O4/c1-21(15-11-22-24(2)12-15)19(28)26(20(29)23-21)14-18(27)25(13-17-9-6-10-30-17)16-7-4-3-5-8-16/h3-12H,13-14H2,1-2H3,(H,23,29)/t21-/m0/s1. The number of para-hydroxylation sites is 1. The molecule has 2 aromatic heterocycles. The van der Waals surface area contributed by atoms with Gasteiger partial charge in [-0.3, -0.25) is 19.2 Å². The first-order valence-corrected chi connectivity index (χ1v) is 9.39. The van der Waals surface area contributed by atoms with Crippen LogP contribution in [0.25, 0.3) is 0 Å². The summed E-state index contributed by atoms with van der Waals surface area (Å²) in [6.45, 7) is 1.39. The second-order valence-electron chi connectivity index (χ2n) is 7.24. The molecule has 30 heavy (non-hydrogen) atoms. The van der Waals surface area contributed by atoms with E-state index in [1.165, 1.54) is 17.4 Å². The summed E-state index contributed by atoms with van der Waals surface area (Å²) in [6.07, 6.45) is 4.72. The van der Waals surface area contributed by atoms with Crippen molar-refractivity contribution in [1.82, 2.24) is 20.0 Å². The molecule has 9 heteroatoms. The number of hydrogen-bond donors (Lipinski definition) is 1. The summed E-state index contributed by atoms with van der Waals surface area (Å²) in [7, 11) is 1.72. The van der Waals surface area contributed by atoms with Crippen LogP contribution in [-0.4, -0.2) is 39.1 Å². The predicted molar refractivity (Wildman–Crippen MR) is 107 cm³/mol. The van der Waals surface area contributed by atoms with Gasteiger partial charge in [0.1, 0.15) is 17.8 Å². The van der Waals surface area contributed by atoms with Crippen molar-refractivity contribution in [2.75, 3.05) is 11.4 Å². The van der Waals surface area contributed by atoms with Gasteiger partial charge in [-0.05, 0) is 31.2 Å². The van der Waals surface area contributed by atoms with Gasteiger partial charge >= 0.3 is 6.03 Å². The van der Waals surface area contributed by atoms with E-state index in [1.54, 1.807) is 49.1 Å². The number of aromatic nitrogens is 2. The maximum Gasteiger partial charge on any atom is 0.325 e. The second-order valence-corrected chi connectivity index (χ2v) is 7.24. The number of urea groups is 1. The Morgan fingerprint density at radius 3 is 2.60 bits per heavy atom. The van der Waals surface area contributed by atoms with Crippen molar-refractivity contribution in [3.63, 3.8) is 0 Å². The molecule has 1 aromatic carbocycles. The minimum absolute atomic E-state index is 0.180. The zero-order valence-corrected chi connectivity index (χ0v) is 16.6. The number of nitrogens with one attached hydrogen (secondary N) is 1. The van der Waals surface area contributed by atoms with E-state index in [0.29, 0.717) is 17.0 Å². The molecule has 1 fully saturated rings. The second kappa shape index (κ2) is 7.51. The first-order valence-electron chi connectivity index (χ1n) is 9.39. The molecular weight excluding hydrogens is 386 g/mol. The van der Waals surface area contributed by atoms with Crippen molar-refractivity contribution in [1.29, 1.82) is 0 Å². The molecule has 0 bridgehead atoms. The van der Waals surface area contributed by atoms with Gasteiger partial charge in [0, 0.05) is 24.5 Å². The van der Waals surface area contributed by atoms with Crippen LogP contribution in [0.2, 0.25) is 0 Å². The molecule has 0 saturated carbocycles. The lowest BCUT2D eigenvalue weighted by Gasteiger charge is -2.24. The minimum atomic E-state index is -1.27. The summed E-state index contributed by atoms with van der Waals surface area (Å²) in [5.74, 6) is -0.319. The minimum Gasteiger partial charge on any atom is -0.467 e. The Morgan fingerprint density at radius 2 is 1.97 bits per heavy atom. The number of rotatable bonds is 6. The van der Waals surface area contributed by atoms with E-state index in [0.717, 1.165) is 4.90 Å². The van der Waals surface area contributed by atoms with E-state index in [1.807, 2.05) is 18.2 Å². The van der Waals surface area contributed by atoms with Gasteiger partial charge in [-0.25, -0.2) is 4.79 Å². The lowest BCUT2D eigenvalue weighted by Crippen LogP contribution is -2.44. The molecule has 1 aliphatic heterocycles. The Hall–Kier alpha value is -3.88. The van der Waals surface area contributed by atoms with Crippen molar-refractivity contribution in [3.8, 4) is 0 Å². The molecule has 3 aromatic rings. The van der Waals surface area contributed by atoms with Gasteiger partial charge in [-0.15, -0.1) is 0 Å². The smallest absolute Gasteiger partial charge is 0.325 e. The molecular formula is C21H21N5O4. The normalized spacial score (nSPS) is 18.5. The molecule has 1 N–H and O–H groups in total. The van der Waals surface area contributed by atoms with E-state index in [2.05, 4.69) is 10.4 Å². The number of nitrogens with zero attached hydrogens (tertiary/aromatic N) is 4. The van der Waals surface area contributed by atoms with Gasteiger partial charge in [-0.2, -0.15) is 5.10 Å². The molecule has 1 atom stereocenters. The van der Waals surface area contributed by atoms with Crippen LogP contribution in [0.15, 0.2) is 65.5 Å². The number of benzene rings is 1. The molecule has 0 spiro atoms. The fourth-order valence-corrected chi connectivity index (χ4v) is 3.43. The first-order chi connectivity index (χ1) is 14.4. The molecule has 4 amide bonds. The van der Waals surface area contributed by atoms with Gasteiger partial charge in [0.15, 0.2) is 0 Å². The molecule has 1 aliphatic rings. The average Bonchev–Trinajstić information content (AvgIpc) is 3.45. The quantitative estimate of drug-likeness (QED) is 0.630. The van der Waals surface area contributed by atoms with Crippen molar-refractivity contribution >= 4 is 23.5 Å². The van der Waals surface area contributed by atoms with Crippen LogP contribution in [0.1, 0.15) is 18.2 Å². The number of carbonyl (C=O) groups is 3. The maximum atomic E-state index is 13.2. The van der Waals surface area contributed by atoms with Crippen molar-refractivity contribution in [2.45, 2.75) is 19.0 Å². The van der Waals surface area contributed by atoms with Crippen LogP contribution < -0.4 is 10.2 Å². The zero-order chi connectivity index (χ0) is 21.3. The Labute approximate surface area is 172 Å². The third kappa shape index (κ3) is 3.45. The SMILES string of the molecule is Cn1cc([C@]2(C)NC(=O)N(CC(=O)N(Cc3ccco3)c3ccccc3)C2=O)cn1. The van der Waals surface area contributed by atoms with Crippen LogP contribution in [0, 0.1) is 0 Å². The molecule has 1 saturated heterocycles. The average molecular weight is 407 g/mol. The molecule has 0 radical (unpaired) electrons. The molecule has 4 rings (SSSR count). The van der Waals surface area contributed by atoms with Gasteiger partial charge in [-0.1, -0.05) is 18.2 Å². The highest BCUT2D eigenvalue weighted by atomic mass is 16.3. The van der Waals surface area contributed by atoms with E-state index in [4.69, 9.17) is 4.42 Å². The third-order valence-corrected chi connectivity index (χ3v) is 5.11. The van der Waals surface area contributed by atoms with Crippen LogP contribution >= 0.6 is 0 Å². The summed E-state index contributed by atoms with van der Waals surface area (Å²) >= 11 is 0. The van der Waals surface area contributed by atoms with Gasteiger partial charge in [0.2, 0.25) is 5.91 Å². The van der Waals surface area contributed by atoms with Gasteiger partial charge in [0.25, 0.3) is 5.91 Å². The lowest BCUT2D eigenvalue weighted by atomic mass is 9.95. The number of anilines is 1. The monoisotopic (exact) mass is 407 g/mol. The van der Waals surface area contributed by atoms with Crippen molar-refractivity contribution in [2.24, 2.45) is 7.05 Å². The molecule has 0 aliphatic carbocycles. The van der Waals surface area contributed by atoms with Crippen LogP contribution in [0.5, 0.6) is 0 Å². The predicted octanol–water partition coefficient (Wildman–Crippen LogP) is 2.01. The van der Waals surface area contributed by atoms with Crippen LogP contribution in [0.3, 0.4) is 0 Å². The Bertz CT molecular complexity index is 1080. The number of carbonyl (C=O) groups excluding carboxylic acids is 3. The van der Waals surface area contributed by atoms with Gasteiger partial charge in [0.05, 0.1) is 19.0 Å². The molecule has 0 unspecified atom stereocenters. The molecule has 154 valence electrons. The van der Waals surface area contributed by atoms with E-state index < -0.39 is 29.9 Å². The Morgan fingerprint density at radius 1 is 1.20 bits per heavy atom. The highest BCUT2D eigenvalue weighted by Gasteiger charge is 2.50. The van der Waals surface area contributed by atoms with Crippen LogP contribution in [-0.2, 0) is 28.7 Å². The fraction of sp³-hybridized carbons (Fsp3) is 0.238. The first kappa shape index (κ1) is 19.4. The van der Waals surface area contributed by atoms with Gasteiger partial charge < -0.3 is 14.6 Å². The number of furan rings is 1. The van der Waals surface area contributed by atoms with Crippen LogP contribution in [0.4, 0.5) is 10.5 Å². The number of hydrogen-bond acceptors (Lipinski definition) is 5. The van der Waals surface area contributed by atoms with E-state index >= 15 is 0 Å². The summed E-state index contributed by atoms with van der Waals surface area (Å²) in [5, 5.41) is 6.75. The largest absolute Gasteiger partial charge is 0.467 e. The fourth-order valence-electron chi connectivity index (χ4n) is 3.43. The van der Waals surface area contributed by atoms with Crippen molar-refractivity contribution in [3.05, 3.63) is 72.4 Å². The summed E-state index contributed by atoms with van der Waals surface area (Å²) in [6, 6.07) is 11.9. The number of imide groups is 1. The molecule has 3 heterocycles. The maximum absolute atomic E-state index is 13.2. The lowest BCUT2D eigenvalue weighted by molar-refractivity contribution is -0.134. The third-order valence-electron chi connectivity index (χ3n) is 5.11. The van der Waals surface area contributed by atoms with Crippen molar-refractivity contribution < 1.29 is 18.8 Å². The molecule has 9 nitrogen and oxygen atoms in total. The Balaban J connectivity index is 1.57.